The molecular weight excluding hydrogens is 478 g/mol. The van der Waals surface area contributed by atoms with E-state index >= 15 is 0 Å². The SMILES string of the molecule is CC1(c2cnc(-c3cc(Oc4nc5cc[nH]c5cc4F)ccc3F)[nH]2)CC\C(CCO)=C/C=C\C1=C\O. The first-order valence-corrected chi connectivity index (χ1v) is 11.9. The number of aromatic amines is 2. The number of H-pyrrole nitrogens is 2. The van der Waals surface area contributed by atoms with E-state index in [1.54, 1.807) is 18.5 Å². The molecule has 1 aliphatic carbocycles. The van der Waals surface area contributed by atoms with Crippen LogP contribution in [0.1, 0.15) is 31.9 Å². The van der Waals surface area contributed by atoms with E-state index in [-0.39, 0.29) is 29.6 Å². The van der Waals surface area contributed by atoms with Gasteiger partial charge in [-0.2, -0.15) is 0 Å². The molecule has 190 valence electrons. The van der Waals surface area contributed by atoms with Crippen LogP contribution in [-0.4, -0.2) is 36.8 Å². The summed E-state index contributed by atoms with van der Waals surface area (Å²) in [5, 5.41) is 19.3. The van der Waals surface area contributed by atoms with Gasteiger partial charge in [0.1, 0.15) is 17.4 Å². The maximum atomic E-state index is 14.9. The van der Waals surface area contributed by atoms with Gasteiger partial charge in [0.05, 0.1) is 22.9 Å². The van der Waals surface area contributed by atoms with Crippen molar-refractivity contribution in [2.45, 2.75) is 31.6 Å². The molecule has 0 fully saturated rings. The molecule has 0 spiro atoms. The highest BCUT2D eigenvalue weighted by atomic mass is 19.1. The van der Waals surface area contributed by atoms with Crippen molar-refractivity contribution in [1.82, 2.24) is 19.9 Å². The smallest absolute Gasteiger partial charge is 0.256 e. The van der Waals surface area contributed by atoms with Crippen LogP contribution in [0.5, 0.6) is 11.6 Å². The number of allylic oxidation sites excluding steroid dienone is 4. The molecule has 0 amide bonds. The molecule has 37 heavy (non-hydrogen) atoms. The minimum absolute atomic E-state index is 0.0590. The summed E-state index contributed by atoms with van der Waals surface area (Å²) >= 11 is 0. The summed E-state index contributed by atoms with van der Waals surface area (Å²) in [5.74, 6) is -0.933. The number of aromatic nitrogens is 4. The molecular formula is C28H26F2N4O3. The van der Waals surface area contributed by atoms with Crippen molar-refractivity contribution < 1.29 is 23.7 Å². The molecule has 0 radical (unpaired) electrons. The van der Waals surface area contributed by atoms with E-state index in [2.05, 4.69) is 19.9 Å². The number of aliphatic hydroxyl groups is 2. The first-order valence-electron chi connectivity index (χ1n) is 11.9. The van der Waals surface area contributed by atoms with Crippen molar-refractivity contribution in [3.63, 3.8) is 0 Å². The number of imidazole rings is 1. The molecule has 7 nitrogen and oxygen atoms in total. The van der Waals surface area contributed by atoms with Gasteiger partial charge in [0, 0.05) is 36.2 Å². The highest BCUT2D eigenvalue weighted by Gasteiger charge is 2.33. The summed E-state index contributed by atoms with van der Waals surface area (Å²) < 4.78 is 35.0. The molecule has 0 saturated carbocycles. The van der Waals surface area contributed by atoms with Crippen LogP contribution in [0.4, 0.5) is 8.78 Å². The lowest BCUT2D eigenvalue weighted by molar-refractivity contribution is 0.296. The number of fused-ring (bicyclic) bond motifs is 1. The van der Waals surface area contributed by atoms with Crippen LogP contribution >= 0.6 is 0 Å². The zero-order chi connectivity index (χ0) is 26.0. The molecule has 5 rings (SSSR count). The van der Waals surface area contributed by atoms with Crippen molar-refractivity contribution in [2.75, 3.05) is 6.61 Å². The van der Waals surface area contributed by atoms with Gasteiger partial charge >= 0.3 is 0 Å². The monoisotopic (exact) mass is 504 g/mol. The average Bonchev–Trinajstić information content (AvgIpc) is 3.55. The second-order valence-electron chi connectivity index (χ2n) is 9.15. The van der Waals surface area contributed by atoms with Gasteiger partial charge in [-0.15, -0.1) is 0 Å². The third-order valence-electron chi connectivity index (χ3n) is 6.79. The number of ether oxygens (including phenoxy) is 1. The van der Waals surface area contributed by atoms with Crippen molar-refractivity contribution in [2.24, 2.45) is 0 Å². The molecule has 1 aliphatic rings. The fraction of sp³-hybridized carbons (Fsp3) is 0.214. The zero-order valence-electron chi connectivity index (χ0n) is 20.1. The minimum atomic E-state index is -0.649. The maximum Gasteiger partial charge on any atom is 0.256 e. The second-order valence-corrected chi connectivity index (χ2v) is 9.15. The molecule has 0 bridgehead atoms. The van der Waals surface area contributed by atoms with Gasteiger partial charge in [0.15, 0.2) is 5.82 Å². The summed E-state index contributed by atoms with van der Waals surface area (Å²) in [6.45, 7) is 2.03. The third-order valence-corrected chi connectivity index (χ3v) is 6.79. The number of benzene rings is 1. The number of nitrogens with zero attached hydrogens (tertiary/aromatic N) is 2. The Bertz CT molecular complexity index is 1540. The number of hydrogen-bond donors (Lipinski definition) is 4. The van der Waals surface area contributed by atoms with E-state index in [4.69, 9.17) is 4.74 Å². The molecule has 4 N–H and O–H groups in total. The first kappa shape index (κ1) is 24.5. The van der Waals surface area contributed by atoms with Gasteiger partial charge in [-0.3, -0.25) is 0 Å². The number of rotatable bonds is 6. The predicted molar refractivity (Wildman–Crippen MR) is 136 cm³/mol. The van der Waals surface area contributed by atoms with Crippen LogP contribution in [0, 0.1) is 11.6 Å². The summed E-state index contributed by atoms with van der Waals surface area (Å²) in [6.07, 6.45) is 11.9. The highest BCUT2D eigenvalue weighted by molar-refractivity contribution is 5.75. The largest absolute Gasteiger partial charge is 0.515 e. The maximum absolute atomic E-state index is 14.9. The van der Waals surface area contributed by atoms with Gasteiger partial charge < -0.3 is 24.9 Å². The number of hydrogen-bond acceptors (Lipinski definition) is 5. The number of halogens is 2. The Labute approximate surface area is 211 Å². The van der Waals surface area contributed by atoms with Gasteiger partial charge in [-0.1, -0.05) is 23.8 Å². The Hall–Kier alpha value is -4.24. The van der Waals surface area contributed by atoms with Crippen LogP contribution in [0.15, 0.2) is 78.4 Å². The molecule has 1 aromatic carbocycles. The summed E-state index contributed by atoms with van der Waals surface area (Å²) in [7, 11) is 0. The average molecular weight is 505 g/mol. The zero-order valence-corrected chi connectivity index (χ0v) is 20.1. The highest BCUT2D eigenvalue weighted by Crippen LogP contribution is 2.40. The van der Waals surface area contributed by atoms with E-state index < -0.39 is 17.0 Å². The second kappa shape index (κ2) is 10.0. The quantitative estimate of drug-likeness (QED) is 0.228. The Morgan fingerprint density at radius 3 is 2.86 bits per heavy atom. The summed E-state index contributed by atoms with van der Waals surface area (Å²) in [5.41, 5.74) is 3.04. The van der Waals surface area contributed by atoms with Gasteiger partial charge in [-0.25, -0.2) is 18.7 Å². The Morgan fingerprint density at radius 2 is 2.05 bits per heavy atom. The Balaban J connectivity index is 1.45. The molecule has 1 atom stereocenters. The van der Waals surface area contributed by atoms with Crippen LogP contribution in [0.25, 0.3) is 22.4 Å². The van der Waals surface area contributed by atoms with Crippen molar-refractivity contribution in [3.05, 3.63) is 95.7 Å². The molecule has 3 aromatic heterocycles. The van der Waals surface area contributed by atoms with Crippen LogP contribution in [-0.2, 0) is 5.41 Å². The van der Waals surface area contributed by atoms with Gasteiger partial charge in [0.2, 0.25) is 0 Å². The van der Waals surface area contributed by atoms with E-state index in [1.807, 2.05) is 25.2 Å². The standard InChI is InChI=1S/C28H26F2N4O3/c1-28(10-7-17(9-12-35)3-2-4-18(28)16-36)25-15-32-26(34-25)20-13-19(5-6-21(20)29)37-27-22(30)14-24-23(33-27)8-11-31-24/h2-6,8,11,13-16,31,35-36H,7,9-10,12H2,1H3,(H,32,34)/b4-2-,17-3+,18-16-. The fourth-order valence-electron chi connectivity index (χ4n) is 4.55. The number of aliphatic hydroxyl groups excluding tert-OH is 2. The van der Waals surface area contributed by atoms with E-state index in [0.717, 1.165) is 11.8 Å². The normalized spacial score (nSPS) is 21.4. The van der Waals surface area contributed by atoms with Crippen LogP contribution in [0.3, 0.4) is 0 Å². The first-order chi connectivity index (χ1) is 17.9. The fourth-order valence-corrected chi connectivity index (χ4v) is 4.55. The van der Waals surface area contributed by atoms with Crippen molar-refractivity contribution >= 4 is 11.0 Å². The Kier molecular flexibility index (Phi) is 6.62. The van der Waals surface area contributed by atoms with E-state index in [9.17, 15) is 19.0 Å². The lowest BCUT2D eigenvalue weighted by Crippen LogP contribution is -2.25. The van der Waals surface area contributed by atoms with Crippen LogP contribution in [0.2, 0.25) is 0 Å². The summed E-state index contributed by atoms with van der Waals surface area (Å²) in [6, 6.07) is 7.05. The predicted octanol–water partition coefficient (Wildman–Crippen LogP) is 6.38. The van der Waals surface area contributed by atoms with E-state index in [1.165, 1.54) is 24.3 Å². The Morgan fingerprint density at radius 1 is 1.19 bits per heavy atom. The van der Waals surface area contributed by atoms with Crippen molar-refractivity contribution in [3.8, 4) is 23.0 Å². The molecule has 4 aromatic rings. The third kappa shape index (κ3) is 4.77. The number of pyridine rings is 1. The van der Waals surface area contributed by atoms with Crippen molar-refractivity contribution in [1.29, 1.82) is 0 Å². The van der Waals surface area contributed by atoms with Gasteiger partial charge in [0.25, 0.3) is 5.88 Å². The lowest BCUT2D eigenvalue weighted by Gasteiger charge is -2.31. The minimum Gasteiger partial charge on any atom is -0.515 e. The molecule has 3 heterocycles. The number of nitrogens with one attached hydrogen (secondary N) is 2. The topological polar surface area (TPSA) is 107 Å². The van der Waals surface area contributed by atoms with E-state index in [0.29, 0.717) is 41.6 Å². The molecule has 0 aliphatic heterocycles. The van der Waals surface area contributed by atoms with Gasteiger partial charge in [-0.05, 0) is 56.0 Å². The molecule has 1 unspecified atom stereocenters. The molecule has 0 saturated heterocycles. The summed E-state index contributed by atoms with van der Waals surface area (Å²) in [4.78, 5) is 14.7. The van der Waals surface area contributed by atoms with Crippen LogP contribution < -0.4 is 4.74 Å². The lowest BCUT2D eigenvalue weighted by atomic mass is 9.74. The molecule has 9 heteroatoms.